The molecule has 1 aromatic rings. The average molecular weight is 211 g/mol. The number of tetrazole rings is 1. The minimum Gasteiger partial charge on any atom is -0.467 e. The van der Waals surface area contributed by atoms with Crippen LogP contribution in [0.5, 0.6) is 0 Å². The molecule has 8 heteroatoms. The van der Waals surface area contributed by atoms with E-state index in [1.165, 1.54) is 7.11 Å². The average Bonchev–Trinajstić information content (AvgIpc) is 2.84. The van der Waals surface area contributed by atoms with E-state index in [0.717, 1.165) is 0 Å². The van der Waals surface area contributed by atoms with E-state index in [9.17, 15) is 9.59 Å². The number of ether oxygens (including phenoxy) is 1. The van der Waals surface area contributed by atoms with Gasteiger partial charge in [0.05, 0.1) is 7.11 Å². The summed E-state index contributed by atoms with van der Waals surface area (Å²) in [6.45, 7) is 0. The molecule has 0 aromatic carbocycles. The maximum Gasteiger partial charge on any atom is 0.328 e. The van der Waals surface area contributed by atoms with E-state index in [1.807, 2.05) is 0 Å². The van der Waals surface area contributed by atoms with Crippen LogP contribution in [0.1, 0.15) is 18.2 Å². The number of aromatic nitrogens is 4. The standard InChI is InChI=1S/C7H9N5O3/c1-15-7(14)4-2-3(6(13)8-4)5-9-11-12-10-5/h3-4H,2H2,1H3,(H,8,13)(H,9,10,11,12). The van der Waals surface area contributed by atoms with Crippen LogP contribution >= 0.6 is 0 Å². The van der Waals surface area contributed by atoms with Crippen molar-refractivity contribution in [1.82, 2.24) is 25.9 Å². The Kier molecular flexibility index (Phi) is 2.32. The van der Waals surface area contributed by atoms with Gasteiger partial charge in [0.15, 0.2) is 5.82 Å². The molecule has 80 valence electrons. The van der Waals surface area contributed by atoms with E-state index in [-0.39, 0.29) is 5.91 Å². The highest BCUT2D eigenvalue weighted by molar-refractivity contribution is 5.92. The summed E-state index contributed by atoms with van der Waals surface area (Å²) in [5.41, 5.74) is 0. The quantitative estimate of drug-likeness (QED) is 0.567. The third-order valence-corrected chi connectivity index (χ3v) is 2.26. The van der Waals surface area contributed by atoms with Crippen molar-refractivity contribution in [2.24, 2.45) is 0 Å². The van der Waals surface area contributed by atoms with Crippen LogP contribution in [0.25, 0.3) is 0 Å². The lowest BCUT2D eigenvalue weighted by Crippen LogP contribution is -2.34. The maximum atomic E-state index is 11.5. The third-order valence-electron chi connectivity index (χ3n) is 2.26. The lowest BCUT2D eigenvalue weighted by molar-refractivity contribution is -0.143. The molecule has 0 aliphatic carbocycles. The smallest absolute Gasteiger partial charge is 0.328 e. The molecule has 2 heterocycles. The molecule has 8 nitrogen and oxygen atoms in total. The molecule has 1 amide bonds. The van der Waals surface area contributed by atoms with Crippen LogP contribution in [0.15, 0.2) is 0 Å². The molecule has 1 saturated heterocycles. The van der Waals surface area contributed by atoms with Gasteiger partial charge in [0, 0.05) is 0 Å². The minimum atomic E-state index is -0.619. The van der Waals surface area contributed by atoms with Crippen molar-refractivity contribution in [1.29, 1.82) is 0 Å². The number of carbonyl (C=O) groups is 2. The summed E-state index contributed by atoms with van der Waals surface area (Å²) in [7, 11) is 1.27. The van der Waals surface area contributed by atoms with E-state index in [2.05, 4.69) is 30.7 Å². The second-order valence-electron chi connectivity index (χ2n) is 3.14. The first-order chi connectivity index (χ1) is 7.22. The van der Waals surface area contributed by atoms with Crippen molar-refractivity contribution >= 4 is 11.9 Å². The van der Waals surface area contributed by atoms with Crippen molar-refractivity contribution in [2.45, 2.75) is 18.4 Å². The number of nitrogens with zero attached hydrogens (tertiary/aromatic N) is 3. The normalized spacial score (nSPS) is 25.0. The fourth-order valence-corrected chi connectivity index (χ4v) is 1.51. The minimum absolute atomic E-state index is 0.285. The molecule has 1 fully saturated rings. The predicted molar refractivity (Wildman–Crippen MR) is 45.5 cm³/mol. The number of esters is 1. The summed E-state index contributed by atoms with van der Waals surface area (Å²) < 4.78 is 4.53. The number of carbonyl (C=O) groups excluding carboxylic acids is 2. The van der Waals surface area contributed by atoms with Crippen molar-refractivity contribution in [3.63, 3.8) is 0 Å². The zero-order valence-electron chi connectivity index (χ0n) is 7.93. The first kappa shape index (κ1) is 9.56. The largest absolute Gasteiger partial charge is 0.467 e. The van der Waals surface area contributed by atoms with Crippen LogP contribution in [0, 0.1) is 0 Å². The summed E-state index contributed by atoms with van der Waals surface area (Å²) in [5.74, 6) is -0.993. The van der Waals surface area contributed by atoms with Crippen LogP contribution in [-0.2, 0) is 14.3 Å². The number of aromatic amines is 1. The molecule has 2 unspecified atom stereocenters. The number of methoxy groups -OCH3 is 1. The molecule has 1 aliphatic rings. The molecule has 15 heavy (non-hydrogen) atoms. The Labute approximate surface area is 84.4 Å². The van der Waals surface area contributed by atoms with Gasteiger partial charge in [0.1, 0.15) is 12.0 Å². The second-order valence-corrected chi connectivity index (χ2v) is 3.14. The highest BCUT2D eigenvalue weighted by Crippen LogP contribution is 2.23. The Bertz CT molecular complexity index is 376. The Morgan fingerprint density at radius 3 is 3.00 bits per heavy atom. The SMILES string of the molecule is COC(=O)C1CC(c2nn[nH]n2)C(=O)N1. The van der Waals surface area contributed by atoms with Crippen LogP contribution in [0.2, 0.25) is 0 Å². The summed E-state index contributed by atoms with van der Waals surface area (Å²) in [4.78, 5) is 22.6. The van der Waals surface area contributed by atoms with E-state index in [0.29, 0.717) is 12.2 Å². The number of hydrogen-bond donors (Lipinski definition) is 2. The van der Waals surface area contributed by atoms with Gasteiger partial charge in [-0.15, -0.1) is 10.2 Å². The zero-order chi connectivity index (χ0) is 10.8. The number of rotatable bonds is 2. The topological polar surface area (TPSA) is 110 Å². The Hall–Kier alpha value is -1.99. The van der Waals surface area contributed by atoms with E-state index >= 15 is 0 Å². The number of hydrogen-bond acceptors (Lipinski definition) is 6. The molecule has 2 N–H and O–H groups in total. The van der Waals surface area contributed by atoms with Crippen LogP contribution in [-0.4, -0.2) is 45.7 Å². The first-order valence-electron chi connectivity index (χ1n) is 4.34. The summed E-state index contributed by atoms with van der Waals surface area (Å²) in [5, 5.41) is 15.5. The van der Waals surface area contributed by atoms with Gasteiger partial charge in [-0.2, -0.15) is 5.21 Å². The summed E-state index contributed by atoms with van der Waals surface area (Å²) >= 11 is 0. The van der Waals surface area contributed by atoms with Gasteiger partial charge in [-0.1, -0.05) is 5.21 Å². The monoisotopic (exact) mass is 211 g/mol. The van der Waals surface area contributed by atoms with Crippen LogP contribution < -0.4 is 5.32 Å². The van der Waals surface area contributed by atoms with Gasteiger partial charge >= 0.3 is 5.97 Å². The first-order valence-corrected chi connectivity index (χ1v) is 4.34. The van der Waals surface area contributed by atoms with Gasteiger partial charge in [-0.05, 0) is 6.42 Å². The van der Waals surface area contributed by atoms with E-state index < -0.39 is 17.9 Å². The van der Waals surface area contributed by atoms with E-state index in [1.54, 1.807) is 0 Å². The Morgan fingerprint density at radius 2 is 2.40 bits per heavy atom. The molecule has 1 aromatic heterocycles. The number of nitrogens with one attached hydrogen (secondary N) is 2. The molecule has 0 spiro atoms. The molecule has 0 radical (unpaired) electrons. The fraction of sp³-hybridized carbons (Fsp3) is 0.571. The lowest BCUT2D eigenvalue weighted by atomic mass is 10.0. The van der Waals surface area contributed by atoms with Gasteiger partial charge < -0.3 is 10.1 Å². The van der Waals surface area contributed by atoms with Crippen molar-refractivity contribution < 1.29 is 14.3 Å². The van der Waals surface area contributed by atoms with Crippen LogP contribution in [0.4, 0.5) is 0 Å². The van der Waals surface area contributed by atoms with Gasteiger partial charge in [0.2, 0.25) is 5.91 Å². The van der Waals surface area contributed by atoms with Gasteiger partial charge in [0.25, 0.3) is 0 Å². The lowest BCUT2D eigenvalue weighted by Gasteiger charge is -2.05. The van der Waals surface area contributed by atoms with Crippen molar-refractivity contribution in [3.05, 3.63) is 5.82 Å². The Balaban J connectivity index is 2.11. The van der Waals surface area contributed by atoms with Crippen LogP contribution in [0.3, 0.4) is 0 Å². The molecule has 0 saturated carbocycles. The number of amides is 1. The Morgan fingerprint density at radius 1 is 1.60 bits per heavy atom. The molecular weight excluding hydrogens is 202 g/mol. The fourth-order valence-electron chi connectivity index (χ4n) is 1.51. The highest BCUT2D eigenvalue weighted by Gasteiger charge is 2.39. The zero-order valence-corrected chi connectivity index (χ0v) is 7.93. The summed E-state index contributed by atoms with van der Waals surface area (Å²) in [6, 6.07) is -0.619. The molecular formula is C7H9N5O3. The predicted octanol–water partition coefficient (Wildman–Crippen LogP) is -1.66. The second kappa shape index (κ2) is 3.64. The highest BCUT2D eigenvalue weighted by atomic mass is 16.5. The maximum absolute atomic E-state index is 11.5. The van der Waals surface area contributed by atoms with E-state index in [4.69, 9.17) is 0 Å². The van der Waals surface area contributed by atoms with Crippen molar-refractivity contribution in [3.8, 4) is 0 Å². The molecule has 1 aliphatic heterocycles. The third kappa shape index (κ3) is 1.65. The number of H-pyrrole nitrogens is 1. The van der Waals surface area contributed by atoms with Gasteiger partial charge in [-0.3, -0.25) is 4.79 Å². The molecule has 2 atom stereocenters. The molecule has 2 rings (SSSR count). The van der Waals surface area contributed by atoms with Crippen molar-refractivity contribution in [2.75, 3.05) is 7.11 Å². The summed E-state index contributed by atoms with van der Waals surface area (Å²) in [6.07, 6.45) is 0.297. The molecule has 0 bridgehead atoms. The van der Waals surface area contributed by atoms with Gasteiger partial charge in [-0.25, -0.2) is 4.79 Å².